The molecule has 0 aromatic heterocycles. The van der Waals surface area contributed by atoms with Crippen molar-refractivity contribution < 1.29 is 27.9 Å². The summed E-state index contributed by atoms with van der Waals surface area (Å²) in [6.45, 7) is 2.15. The van der Waals surface area contributed by atoms with Crippen LogP contribution in [0.15, 0.2) is 54.6 Å². The summed E-state index contributed by atoms with van der Waals surface area (Å²) in [6.07, 6.45) is 7.32. The Morgan fingerprint density at radius 2 is 1.90 bits per heavy atom. The van der Waals surface area contributed by atoms with Gasteiger partial charge in [-0.2, -0.15) is 8.78 Å². The smallest absolute Gasteiger partial charge is 0.343 e. The first-order valence-electron chi connectivity index (χ1n) is 13.8. The van der Waals surface area contributed by atoms with Crippen molar-refractivity contribution in [3.63, 3.8) is 0 Å². The van der Waals surface area contributed by atoms with E-state index in [1.165, 1.54) is 11.6 Å². The van der Waals surface area contributed by atoms with Crippen molar-refractivity contribution in [2.45, 2.75) is 69.8 Å². The zero-order valence-electron chi connectivity index (χ0n) is 22.4. The lowest BCUT2D eigenvalue weighted by molar-refractivity contribution is -0.149. The summed E-state index contributed by atoms with van der Waals surface area (Å²) in [5.74, 6) is -4.40. The molecular formula is C32H35F2NO4. The van der Waals surface area contributed by atoms with Gasteiger partial charge in [0.05, 0.1) is 7.11 Å². The number of esters is 1. The molecule has 0 unspecified atom stereocenters. The number of rotatable bonds is 7. The van der Waals surface area contributed by atoms with Crippen LogP contribution in [-0.2, 0) is 32.0 Å². The number of methoxy groups -OCH3 is 1. The Bertz CT molecular complexity index is 1290. The molecule has 1 N–H and O–H groups in total. The molecule has 3 aliphatic carbocycles. The molecule has 2 saturated carbocycles. The Kier molecular flexibility index (Phi) is 7.45. The van der Waals surface area contributed by atoms with Gasteiger partial charge in [0.15, 0.2) is 0 Å². The Hall–Kier alpha value is -3.35. The molecule has 0 spiro atoms. The summed E-state index contributed by atoms with van der Waals surface area (Å²) < 4.78 is 34.4. The van der Waals surface area contributed by atoms with E-state index < -0.39 is 23.8 Å². The lowest BCUT2D eigenvalue weighted by Crippen LogP contribution is -2.49. The van der Waals surface area contributed by atoms with Crippen molar-refractivity contribution in [2.24, 2.45) is 17.3 Å². The third-order valence-corrected chi connectivity index (χ3v) is 9.32. The highest BCUT2D eigenvalue weighted by Crippen LogP contribution is 2.59. The molecule has 0 radical (unpaired) electrons. The van der Waals surface area contributed by atoms with Crippen LogP contribution in [-0.4, -0.2) is 36.7 Å². The molecule has 0 bridgehead atoms. The number of Topliss-reactive ketones (excluding diaryl/α,β-unsaturated/α-hetero) is 1. The molecule has 0 saturated heterocycles. The fraction of sp³-hybridized carbons (Fsp3) is 0.469. The highest BCUT2D eigenvalue weighted by Gasteiger charge is 2.54. The molecule has 0 aliphatic heterocycles. The number of ketones is 1. The monoisotopic (exact) mass is 535 g/mol. The summed E-state index contributed by atoms with van der Waals surface area (Å²) in [5, 5.41) is 2.16. The van der Waals surface area contributed by atoms with Crippen LogP contribution in [0.25, 0.3) is 6.08 Å². The van der Waals surface area contributed by atoms with Crippen LogP contribution in [0.4, 0.5) is 8.78 Å². The normalized spacial score (nSPS) is 26.9. The number of ether oxygens (including phenoxy) is 1. The minimum atomic E-state index is -3.81. The van der Waals surface area contributed by atoms with Crippen LogP contribution in [0.1, 0.15) is 67.2 Å². The molecule has 5 rings (SSSR count). The third-order valence-electron chi connectivity index (χ3n) is 9.32. The topological polar surface area (TPSA) is 72.5 Å². The molecule has 3 aliphatic rings. The van der Waals surface area contributed by atoms with Crippen molar-refractivity contribution in [2.75, 3.05) is 7.11 Å². The quantitative estimate of drug-likeness (QED) is 0.465. The zero-order valence-corrected chi connectivity index (χ0v) is 22.4. The van der Waals surface area contributed by atoms with Gasteiger partial charge in [-0.1, -0.05) is 61.5 Å². The Balaban J connectivity index is 1.27. The average molecular weight is 536 g/mol. The van der Waals surface area contributed by atoms with Gasteiger partial charge in [-0.25, -0.2) is 4.79 Å². The number of fused-ring (bicyclic) bond motifs is 5. The number of carbonyl (C=O) groups is 3. The van der Waals surface area contributed by atoms with Gasteiger partial charge in [0.2, 0.25) is 0 Å². The number of halogens is 2. The van der Waals surface area contributed by atoms with Crippen molar-refractivity contribution >= 4 is 23.7 Å². The van der Waals surface area contributed by atoms with Crippen LogP contribution < -0.4 is 5.32 Å². The molecule has 5 atom stereocenters. The fourth-order valence-corrected chi connectivity index (χ4v) is 7.19. The first kappa shape index (κ1) is 27.2. The third kappa shape index (κ3) is 5.28. The van der Waals surface area contributed by atoms with E-state index in [0.29, 0.717) is 47.2 Å². The average Bonchev–Trinajstić information content (AvgIpc) is 3.25. The molecule has 0 heterocycles. The van der Waals surface area contributed by atoms with Gasteiger partial charge in [-0.05, 0) is 78.2 Å². The number of hydrogen-bond donors (Lipinski definition) is 1. The van der Waals surface area contributed by atoms with E-state index in [1.807, 2.05) is 18.2 Å². The highest BCUT2D eigenvalue weighted by atomic mass is 19.3. The van der Waals surface area contributed by atoms with Gasteiger partial charge < -0.3 is 10.1 Å². The van der Waals surface area contributed by atoms with Crippen LogP contribution in [0.3, 0.4) is 0 Å². The number of benzene rings is 2. The number of nitrogens with one attached hydrogen (secondary N) is 1. The fourth-order valence-electron chi connectivity index (χ4n) is 7.19. The Morgan fingerprint density at radius 1 is 1.13 bits per heavy atom. The zero-order chi connectivity index (χ0) is 27.8. The number of carbonyl (C=O) groups excluding carboxylic acids is 3. The minimum Gasteiger partial charge on any atom is -0.467 e. The second kappa shape index (κ2) is 10.7. The Morgan fingerprint density at radius 3 is 2.64 bits per heavy atom. The summed E-state index contributed by atoms with van der Waals surface area (Å²) in [5.41, 5.74) is 3.57. The molecule has 39 heavy (non-hydrogen) atoms. The molecule has 2 aromatic rings. The number of alkyl halides is 2. The summed E-state index contributed by atoms with van der Waals surface area (Å²) in [4.78, 5) is 37.2. The standard InChI is InChI=1S/C32H35F2NO4/c1-31-16-15-24-23-10-8-21(18-22(23)9-11-25(24)26(31)12-13-28(31)36)14-17-32(33,34)30(38)35-27(29(37)39-2)19-20-6-4-3-5-7-20/h3-8,10,14,17-18,24-27H,9,11-13,15-16,19H2,1-2H3,(H,35,38)/b17-14+/t24-,25-,26+,27+,31+/m1/s1. The molecule has 206 valence electrons. The number of aryl methyl sites for hydroxylation is 1. The first-order valence-corrected chi connectivity index (χ1v) is 13.8. The van der Waals surface area contributed by atoms with Crippen molar-refractivity contribution in [1.29, 1.82) is 0 Å². The Labute approximate surface area is 228 Å². The molecule has 2 fully saturated rings. The van der Waals surface area contributed by atoms with Gasteiger partial charge in [0, 0.05) is 18.3 Å². The number of hydrogen-bond acceptors (Lipinski definition) is 4. The lowest BCUT2D eigenvalue weighted by Gasteiger charge is -2.48. The van der Waals surface area contributed by atoms with Crippen molar-refractivity contribution in [3.8, 4) is 0 Å². The van der Waals surface area contributed by atoms with Gasteiger partial charge in [-0.3, -0.25) is 9.59 Å². The van der Waals surface area contributed by atoms with Gasteiger partial charge in [0.1, 0.15) is 11.8 Å². The van der Waals surface area contributed by atoms with Crippen LogP contribution in [0.2, 0.25) is 0 Å². The van der Waals surface area contributed by atoms with E-state index in [9.17, 15) is 23.2 Å². The maximum Gasteiger partial charge on any atom is 0.343 e. The van der Waals surface area contributed by atoms with E-state index in [2.05, 4.69) is 12.2 Å². The van der Waals surface area contributed by atoms with Crippen LogP contribution >= 0.6 is 0 Å². The maximum atomic E-state index is 14.8. The summed E-state index contributed by atoms with van der Waals surface area (Å²) in [6, 6.07) is 13.4. The molecule has 7 heteroatoms. The SMILES string of the molecule is COC(=O)[C@H](Cc1ccccc1)NC(=O)C(F)(F)/C=C/c1ccc2c(c1)CC[C@@H]1[C@@H]2CC[C@]2(C)C(=O)CC[C@@H]12. The van der Waals surface area contributed by atoms with Crippen LogP contribution in [0, 0.1) is 17.3 Å². The minimum absolute atomic E-state index is 0.0419. The van der Waals surface area contributed by atoms with Gasteiger partial charge >= 0.3 is 11.9 Å². The van der Waals surface area contributed by atoms with Crippen molar-refractivity contribution in [3.05, 3.63) is 76.9 Å². The van der Waals surface area contributed by atoms with Gasteiger partial charge in [0.25, 0.3) is 5.91 Å². The molecule has 2 aromatic carbocycles. The van der Waals surface area contributed by atoms with Crippen LogP contribution in [0.5, 0.6) is 0 Å². The van der Waals surface area contributed by atoms with E-state index in [-0.39, 0.29) is 11.8 Å². The van der Waals surface area contributed by atoms with E-state index in [1.54, 1.807) is 30.3 Å². The van der Waals surface area contributed by atoms with E-state index in [4.69, 9.17) is 4.74 Å². The molecular weight excluding hydrogens is 500 g/mol. The predicted molar refractivity (Wildman–Crippen MR) is 144 cm³/mol. The number of amides is 1. The highest BCUT2D eigenvalue weighted by molar-refractivity contribution is 5.91. The summed E-state index contributed by atoms with van der Waals surface area (Å²) in [7, 11) is 1.15. The van der Waals surface area contributed by atoms with E-state index in [0.717, 1.165) is 44.8 Å². The predicted octanol–water partition coefficient (Wildman–Crippen LogP) is 5.66. The molecule has 5 nitrogen and oxygen atoms in total. The largest absolute Gasteiger partial charge is 0.467 e. The first-order chi connectivity index (χ1) is 18.6. The van der Waals surface area contributed by atoms with E-state index >= 15 is 0 Å². The maximum absolute atomic E-state index is 14.8. The second-order valence-electron chi connectivity index (χ2n) is 11.5. The molecule has 1 amide bonds. The second-order valence-corrected chi connectivity index (χ2v) is 11.5. The lowest BCUT2D eigenvalue weighted by atomic mass is 9.55. The van der Waals surface area contributed by atoms with Gasteiger partial charge in [-0.15, -0.1) is 0 Å². The van der Waals surface area contributed by atoms with Crippen molar-refractivity contribution in [1.82, 2.24) is 5.32 Å². The summed E-state index contributed by atoms with van der Waals surface area (Å²) >= 11 is 0.